The van der Waals surface area contributed by atoms with Gasteiger partial charge >= 0.3 is 0 Å². The molecule has 0 saturated heterocycles. The zero-order valence-electron chi connectivity index (χ0n) is 26.2. The predicted octanol–water partition coefficient (Wildman–Crippen LogP) is 12.8. The van der Waals surface area contributed by atoms with Crippen molar-refractivity contribution in [1.29, 1.82) is 0 Å². The Morgan fingerprint density at radius 3 is 1.56 bits per heavy atom. The molecule has 10 aromatic rings. The Kier molecular flexibility index (Phi) is 5.99. The van der Waals surface area contributed by atoms with Crippen LogP contribution in [0.25, 0.3) is 96.9 Å². The molecule has 3 heteroatoms. The zero-order valence-corrected chi connectivity index (χ0v) is 27.1. The molecule has 10 rings (SSSR count). The molecule has 7 aromatic carbocycles. The number of aromatic nitrogens is 2. The topological polar surface area (TPSA) is 25.8 Å². The Labute approximate surface area is 281 Å². The van der Waals surface area contributed by atoms with Gasteiger partial charge in [-0.15, -0.1) is 11.3 Å². The maximum Gasteiger partial charge on any atom is 0.0780 e. The second-order valence-corrected chi connectivity index (χ2v) is 13.7. The van der Waals surface area contributed by atoms with Gasteiger partial charge in [0.1, 0.15) is 0 Å². The van der Waals surface area contributed by atoms with Crippen LogP contribution in [0.4, 0.5) is 0 Å². The summed E-state index contributed by atoms with van der Waals surface area (Å²) in [5, 5.41) is 9.67. The van der Waals surface area contributed by atoms with Gasteiger partial charge < -0.3 is 0 Å². The van der Waals surface area contributed by atoms with E-state index in [9.17, 15) is 0 Å². The van der Waals surface area contributed by atoms with Gasteiger partial charge in [0, 0.05) is 54.1 Å². The predicted molar refractivity (Wildman–Crippen MR) is 206 cm³/mol. The summed E-state index contributed by atoms with van der Waals surface area (Å²) < 4.78 is 2.64. The van der Waals surface area contributed by atoms with E-state index in [4.69, 9.17) is 9.97 Å². The lowest BCUT2D eigenvalue weighted by molar-refractivity contribution is 1.43. The quantitative estimate of drug-likeness (QED) is 0.182. The molecule has 0 unspecified atom stereocenters. The van der Waals surface area contributed by atoms with Crippen LogP contribution in [0.2, 0.25) is 0 Å². The monoisotopic (exact) mass is 628 g/mol. The average Bonchev–Trinajstić information content (AvgIpc) is 3.52. The summed E-state index contributed by atoms with van der Waals surface area (Å²) in [7, 11) is 0. The van der Waals surface area contributed by atoms with Gasteiger partial charge in [-0.1, -0.05) is 90.5 Å². The van der Waals surface area contributed by atoms with Crippen LogP contribution in [-0.4, -0.2) is 9.97 Å². The molecular formula is C45H28N2S. The first-order valence-electron chi connectivity index (χ1n) is 16.3. The highest BCUT2D eigenvalue weighted by molar-refractivity contribution is 7.26. The van der Waals surface area contributed by atoms with Gasteiger partial charge in [0.25, 0.3) is 0 Å². The smallest absolute Gasteiger partial charge is 0.0780 e. The largest absolute Gasteiger partial charge is 0.256 e. The lowest BCUT2D eigenvalue weighted by Crippen LogP contribution is -1.91. The van der Waals surface area contributed by atoms with E-state index in [0.717, 1.165) is 21.8 Å². The van der Waals surface area contributed by atoms with E-state index in [-0.39, 0.29) is 0 Å². The van der Waals surface area contributed by atoms with Crippen molar-refractivity contribution >= 4 is 74.9 Å². The molecule has 0 aliphatic rings. The minimum atomic E-state index is 1.03. The maximum absolute atomic E-state index is 4.79. The van der Waals surface area contributed by atoms with E-state index in [2.05, 4.69) is 134 Å². The average molecular weight is 629 g/mol. The van der Waals surface area contributed by atoms with Crippen LogP contribution in [0.5, 0.6) is 0 Å². The molecule has 0 spiro atoms. The van der Waals surface area contributed by atoms with E-state index in [1.807, 2.05) is 35.9 Å². The van der Waals surface area contributed by atoms with Crippen LogP contribution in [0, 0.1) is 6.92 Å². The molecular weight excluding hydrogens is 601 g/mol. The fourth-order valence-electron chi connectivity index (χ4n) is 7.55. The van der Waals surface area contributed by atoms with Gasteiger partial charge in [0.15, 0.2) is 0 Å². The minimum Gasteiger partial charge on any atom is -0.256 e. The van der Waals surface area contributed by atoms with Crippen molar-refractivity contribution < 1.29 is 0 Å². The number of pyridine rings is 2. The number of rotatable bonds is 3. The lowest BCUT2D eigenvalue weighted by Gasteiger charge is -2.16. The first-order chi connectivity index (χ1) is 23.7. The highest BCUT2D eigenvalue weighted by Gasteiger charge is 2.17. The van der Waals surface area contributed by atoms with Gasteiger partial charge in [-0.3, -0.25) is 9.97 Å². The van der Waals surface area contributed by atoms with Crippen LogP contribution in [-0.2, 0) is 0 Å². The van der Waals surface area contributed by atoms with Crippen LogP contribution in [0.3, 0.4) is 0 Å². The van der Waals surface area contributed by atoms with Crippen LogP contribution >= 0.6 is 11.3 Å². The second kappa shape index (κ2) is 10.6. The molecule has 0 saturated carbocycles. The van der Waals surface area contributed by atoms with Crippen LogP contribution in [0.1, 0.15) is 5.56 Å². The summed E-state index contributed by atoms with van der Waals surface area (Å²) in [6, 6.07) is 51.1. The molecule has 3 aromatic heterocycles. The molecule has 0 atom stereocenters. The molecule has 0 N–H and O–H groups in total. The zero-order chi connectivity index (χ0) is 31.8. The van der Waals surface area contributed by atoms with Crippen molar-refractivity contribution in [1.82, 2.24) is 9.97 Å². The van der Waals surface area contributed by atoms with Crippen molar-refractivity contribution in [3.63, 3.8) is 0 Å². The first kappa shape index (κ1) is 27.2. The molecule has 3 heterocycles. The normalized spacial score (nSPS) is 11.9. The number of aryl methyl sites for hydroxylation is 1. The summed E-state index contributed by atoms with van der Waals surface area (Å²) in [6.45, 7) is 2.18. The highest BCUT2D eigenvalue weighted by Crippen LogP contribution is 2.44. The van der Waals surface area contributed by atoms with E-state index in [1.54, 1.807) is 0 Å². The first-order valence-corrected chi connectivity index (χ1v) is 17.1. The van der Waals surface area contributed by atoms with E-state index < -0.39 is 0 Å². The SMILES string of the molecule is Cc1ccc2sc3c(-c4cc(-c5cc6cccnc6c6ccccc56)cc(-c5cc6cccnc6c6ccccc56)c4)cccc3c2c1. The molecule has 0 bridgehead atoms. The summed E-state index contributed by atoms with van der Waals surface area (Å²) in [6.07, 6.45) is 3.78. The summed E-state index contributed by atoms with van der Waals surface area (Å²) in [5.41, 5.74) is 10.6. The summed E-state index contributed by atoms with van der Waals surface area (Å²) in [5.74, 6) is 0. The number of thiophene rings is 1. The van der Waals surface area contributed by atoms with E-state index in [0.29, 0.717) is 0 Å². The summed E-state index contributed by atoms with van der Waals surface area (Å²) in [4.78, 5) is 9.59. The van der Waals surface area contributed by atoms with E-state index >= 15 is 0 Å². The molecule has 0 aliphatic carbocycles. The van der Waals surface area contributed by atoms with Crippen molar-refractivity contribution in [2.75, 3.05) is 0 Å². The fraction of sp³-hybridized carbons (Fsp3) is 0.0222. The molecule has 2 nitrogen and oxygen atoms in total. The van der Waals surface area contributed by atoms with Crippen molar-refractivity contribution in [2.24, 2.45) is 0 Å². The van der Waals surface area contributed by atoms with Gasteiger partial charge in [0.2, 0.25) is 0 Å². The molecule has 0 radical (unpaired) electrons. The Bertz CT molecular complexity index is 2780. The van der Waals surface area contributed by atoms with E-state index in [1.165, 1.54) is 80.7 Å². The van der Waals surface area contributed by atoms with Crippen molar-refractivity contribution in [3.8, 4) is 33.4 Å². The maximum atomic E-state index is 4.79. The molecule has 0 aliphatic heterocycles. The number of nitrogens with zero attached hydrogens (tertiary/aromatic N) is 2. The second-order valence-electron chi connectivity index (χ2n) is 12.7. The third-order valence-electron chi connectivity index (χ3n) is 9.74. The Hall–Kier alpha value is -5.90. The number of fused-ring (bicyclic) bond motifs is 9. The Balaban J connectivity index is 1.32. The third kappa shape index (κ3) is 4.18. The van der Waals surface area contributed by atoms with Gasteiger partial charge in [-0.2, -0.15) is 0 Å². The standard InChI is InChI=1S/C45H28N2S/c1-27-17-18-42-41(21-27)38-16-6-15-33(45(38)48-42)30-22-31(39-25-28-9-7-19-46-43(28)36-13-4-2-11-34(36)39)24-32(23-30)40-26-29-10-8-20-47-44(29)37-14-5-3-12-35(37)40/h2-26H,1H3. The Morgan fingerprint density at radius 1 is 0.417 bits per heavy atom. The molecule has 48 heavy (non-hydrogen) atoms. The van der Waals surface area contributed by atoms with Gasteiger partial charge in [-0.25, -0.2) is 0 Å². The molecule has 224 valence electrons. The van der Waals surface area contributed by atoms with Gasteiger partial charge in [-0.05, 0) is 106 Å². The van der Waals surface area contributed by atoms with Crippen LogP contribution in [0.15, 0.2) is 152 Å². The Morgan fingerprint density at radius 2 is 0.958 bits per heavy atom. The molecule has 0 amide bonds. The van der Waals surface area contributed by atoms with Crippen molar-refractivity contribution in [2.45, 2.75) is 6.92 Å². The third-order valence-corrected chi connectivity index (χ3v) is 11.0. The van der Waals surface area contributed by atoms with Crippen LogP contribution < -0.4 is 0 Å². The number of hydrogen-bond acceptors (Lipinski definition) is 3. The molecule has 0 fully saturated rings. The van der Waals surface area contributed by atoms with Gasteiger partial charge in [0.05, 0.1) is 11.0 Å². The summed E-state index contributed by atoms with van der Waals surface area (Å²) >= 11 is 1.89. The minimum absolute atomic E-state index is 1.03. The number of hydrogen-bond donors (Lipinski definition) is 0. The fourth-order valence-corrected chi connectivity index (χ4v) is 8.76. The highest BCUT2D eigenvalue weighted by atomic mass is 32.1. The number of benzene rings is 7. The van der Waals surface area contributed by atoms with Crippen molar-refractivity contribution in [3.05, 3.63) is 157 Å². The lowest BCUT2D eigenvalue weighted by atomic mass is 9.88.